The minimum atomic E-state index is -3.48. The van der Waals surface area contributed by atoms with Gasteiger partial charge in [-0.05, 0) is 46.3 Å². The average Bonchev–Trinajstić information content (AvgIpc) is 2.66. The van der Waals surface area contributed by atoms with Crippen LogP contribution < -0.4 is 5.73 Å². The zero-order valence-corrected chi connectivity index (χ0v) is 13.0. The Morgan fingerprint density at radius 1 is 1.28 bits per heavy atom. The summed E-state index contributed by atoms with van der Waals surface area (Å²) < 4.78 is 25.4. The summed E-state index contributed by atoms with van der Waals surface area (Å²) in [5.41, 5.74) is 5.97. The van der Waals surface area contributed by atoms with Crippen LogP contribution in [-0.2, 0) is 15.6 Å². The molecule has 0 saturated carbocycles. The Hall–Kier alpha value is -0.560. The van der Waals surface area contributed by atoms with Gasteiger partial charge in [-0.2, -0.15) is 0 Å². The first-order chi connectivity index (χ1) is 8.38. The van der Waals surface area contributed by atoms with Gasteiger partial charge in [-0.25, -0.2) is 8.42 Å². The summed E-state index contributed by atoms with van der Waals surface area (Å²) in [7, 11) is -3.48. The lowest BCUT2D eigenvalue weighted by Gasteiger charge is -2.06. The second-order valence-corrected chi connectivity index (χ2v) is 8.57. The number of sulfone groups is 1. The van der Waals surface area contributed by atoms with Gasteiger partial charge in [0.05, 0.1) is 19.5 Å². The minimum absolute atomic E-state index is 0.0769. The summed E-state index contributed by atoms with van der Waals surface area (Å²) in [5, 5.41) is 0.194. The van der Waals surface area contributed by atoms with Crippen LogP contribution in [0.2, 0.25) is 5.02 Å². The molecule has 2 N–H and O–H groups in total. The van der Waals surface area contributed by atoms with Crippen molar-refractivity contribution in [2.45, 2.75) is 10.6 Å². The highest BCUT2D eigenvalue weighted by Gasteiger charge is 2.20. The lowest BCUT2D eigenvalue weighted by atomic mass is 10.3. The first-order valence-electron chi connectivity index (χ1n) is 4.90. The van der Waals surface area contributed by atoms with Crippen molar-refractivity contribution in [2.24, 2.45) is 0 Å². The smallest absolute Gasteiger partial charge is 0.184 e. The number of rotatable bonds is 3. The van der Waals surface area contributed by atoms with E-state index in [0.717, 1.165) is 8.66 Å². The summed E-state index contributed by atoms with van der Waals surface area (Å²) in [4.78, 5) is 0.828. The Morgan fingerprint density at radius 3 is 2.61 bits per heavy atom. The van der Waals surface area contributed by atoms with Gasteiger partial charge >= 0.3 is 0 Å². The Bertz CT molecular complexity index is 682. The molecule has 18 heavy (non-hydrogen) atoms. The van der Waals surface area contributed by atoms with Crippen LogP contribution in [0.3, 0.4) is 0 Å². The highest BCUT2D eigenvalue weighted by Crippen LogP contribution is 2.30. The predicted molar refractivity (Wildman–Crippen MR) is 78.8 cm³/mol. The molecule has 7 heteroatoms. The highest BCUT2D eigenvalue weighted by molar-refractivity contribution is 9.11. The van der Waals surface area contributed by atoms with Gasteiger partial charge in [0.25, 0.3) is 0 Å². The highest BCUT2D eigenvalue weighted by atomic mass is 79.9. The van der Waals surface area contributed by atoms with Crippen LogP contribution in [-0.4, -0.2) is 8.42 Å². The Morgan fingerprint density at radius 2 is 2.00 bits per heavy atom. The molecule has 0 atom stereocenters. The molecule has 0 aliphatic rings. The summed E-state index contributed by atoms with van der Waals surface area (Å²) in [5.74, 6) is -0.0769. The van der Waals surface area contributed by atoms with E-state index in [2.05, 4.69) is 15.9 Å². The Kier molecular flexibility index (Phi) is 4.01. The van der Waals surface area contributed by atoms with Gasteiger partial charge in [-0.1, -0.05) is 11.6 Å². The zero-order chi connectivity index (χ0) is 13.3. The van der Waals surface area contributed by atoms with Crippen molar-refractivity contribution in [3.63, 3.8) is 0 Å². The maximum absolute atomic E-state index is 12.2. The molecule has 96 valence electrons. The number of nitrogen functional groups attached to an aromatic ring is 1. The third kappa shape index (κ3) is 3.06. The fourth-order valence-electron chi connectivity index (χ4n) is 1.45. The molecule has 1 aromatic carbocycles. The van der Waals surface area contributed by atoms with E-state index in [1.165, 1.54) is 23.5 Å². The summed E-state index contributed by atoms with van der Waals surface area (Å²) in [6.07, 6.45) is 0. The lowest BCUT2D eigenvalue weighted by Crippen LogP contribution is -2.05. The third-order valence-electron chi connectivity index (χ3n) is 2.25. The number of nitrogens with two attached hydrogens (primary N) is 1. The molecule has 0 bridgehead atoms. The fraction of sp³-hybridized carbons (Fsp3) is 0.0909. The van der Waals surface area contributed by atoms with Gasteiger partial charge in [-0.3, -0.25) is 0 Å². The second-order valence-electron chi connectivity index (χ2n) is 3.65. The molecule has 2 rings (SSSR count). The van der Waals surface area contributed by atoms with E-state index in [0.29, 0.717) is 5.69 Å². The second kappa shape index (κ2) is 5.21. The van der Waals surface area contributed by atoms with E-state index < -0.39 is 9.84 Å². The number of anilines is 1. The first-order valence-corrected chi connectivity index (χ1v) is 8.54. The molecule has 0 unspecified atom stereocenters. The van der Waals surface area contributed by atoms with Gasteiger partial charge in [0.1, 0.15) is 0 Å². The SMILES string of the molecule is Nc1ccc(Cl)c(S(=O)(=O)Cc2ccc(Br)s2)c1. The minimum Gasteiger partial charge on any atom is -0.399 e. The number of thiophene rings is 1. The van der Waals surface area contributed by atoms with Gasteiger partial charge in [0.15, 0.2) is 9.84 Å². The molecule has 0 fully saturated rings. The molecule has 0 aliphatic carbocycles. The van der Waals surface area contributed by atoms with E-state index in [9.17, 15) is 8.42 Å². The van der Waals surface area contributed by atoms with E-state index >= 15 is 0 Å². The monoisotopic (exact) mass is 365 g/mol. The molecule has 0 saturated heterocycles. The van der Waals surface area contributed by atoms with Crippen molar-refractivity contribution >= 4 is 54.4 Å². The fourth-order valence-corrected chi connectivity index (χ4v) is 5.21. The van der Waals surface area contributed by atoms with Crippen LogP contribution in [0.5, 0.6) is 0 Å². The average molecular weight is 367 g/mol. The predicted octanol–water partition coefficient (Wildman–Crippen LogP) is 3.72. The Labute approximate surface area is 123 Å². The molecule has 1 aromatic heterocycles. The van der Waals surface area contributed by atoms with Crippen molar-refractivity contribution < 1.29 is 8.42 Å². The summed E-state index contributed by atoms with van der Waals surface area (Å²) >= 11 is 10.6. The van der Waals surface area contributed by atoms with Crippen molar-refractivity contribution in [1.82, 2.24) is 0 Å². The van der Waals surface area contributed by atoms with Gasteiger partial charge < -0.3 is 5.73 Å². The van der Waals surface area contributed by atoms with Gasteiger partial charge in [-0.15, -0.1) is 11.3 Å². The van der Waals surface area contributed by atoms with Crippen molar-refractivity contribution in [3.05, 3.63) is 44.0 Å². The molecule has 0 radical (unpaired) electrons. The van der Waals surface area contributed by atoms with Gasteiger partial charge in [0.2, 0.25) is 0 Å². The van der Waals surface area contributed by atoms with Crippen LogP contribution in [0, 0.1) is 0 Å². The molecule has 0 amide bonds. The summed E-state index contributed by atoms with van der Waals surface area (Å²) in [6, 6.07) is 8.04. The third-order valence-corrected chi connectivity index (χ3v) is 6.20. The molecular formula is C11H9BrClNO2S2. The zero-order valence-electron chi connectivity index (χ0n) is 9.06. The van der Waals surface area contributed by atoms with Crippen molar-refractivity contribution in [2.75, 3.05) is 5.73 Å². The number of benzene rings is 1. The van der Waals surface area contributed by atoms with Crippen LogP contribution in [0.4, 0.5) is 5.69 Å². The maximum Gasteiger partial charge on any atom is 0.184 e. The summed E-state index contributed by atoms with van der Waals surface area (Å²) in [6.45, 7) is 0. The van der Waals surface area contributed by atoms with E-state index in [1.54, 1.807) is 12.1 Å². The molecule has 3 nitrogen and oxygen atoms in total. The number of halogens is 2. The van der Waals surface area contributed by atoms with Crippen molar-refractivity contribution in [3.8, 4) is 0 Å². The number of hydrogen-bond acceptors (Lipinski definition) is 4. The van der Waals surface area contributed by atoms with Crippen molar-refractivity contribution in [1.29, 1.82) is 0 Å². The van der Waals surface area contributed by atoms with Crippen LogP contribution in [0.1, 0.15) is 4.88 Å². The number of hydrogen-bond donors (Lipinski definition) is 1. The van der Waals surface area contributed by atoms with Crippen LogP contribution in [0.15, 0.2) is 39.0 Å². The molecular weight excluding hydrogens is 358 g/mol. The van der Waals surface area contributed by atoms with Gasteiger partial charge in [0, 0.05) is 10.6 Å². The first kappa shape index (κ1) is 13.9. The normalized spacial score (nSPS) is 11.7. The molecule has 0 aliphatic heterocycles. The molecule has 2 aromatic rings. The topological polar surface area (TPSA) is 60.2 Å². The standard InChI is InChI=1S/C11H9BrClNO2S2/c12-11-4-2-8(17-11)6-18(15,16)10-5-7(14)1-3-9(10)13/h1-5H,6,14H2. The molecule has 0 spiro atoms. The van der Waals surface area contributed by atoms with Crippen LogP contribution in [0.25, 0.3) is 0 Å². The Balaban J connectivity index is 2.39. The van der Waals surface area contributed by atoms with Crippen LogP contribution >= 0.6 is 38.9 Å². The quantitative estimate of drug-likeness (QED) is 0.842. The maximum atomic E-state index is 12.2. The largest absolute Gasteiger partial charge is 0.399 e. The van der Waals surface area contributed by atoms with E-state index in [-0.39, 0.29) is 15.7 Å². The van der Waals surface area contributed by atoms with E-state index in [1.807, 2.05) is 6.07 Å². The van der Waals surface area contributed by atoms with E-state index in [4.69, 9.17) is 17.3 Å². The lowest BCUT2D eigenvalue weighted by molar-refractivity contribution is 0.596. The molecule has 1 heterocycles.